The van der Waals surface area contributed by atoms with Gasteiger partial charge < -0.3 is 9.47 Å². The summed E-state index contributed by atoms with van der Waals surface area (Å²) in [7, 11) is 0. The second-order valence-electron chi connectivity index (χ2n) is 6.40. The molecule has 2 aromatic carbocycles. The monoisotopic (exact) mass is 570 g/mol. The van der Waals surface area contributed by atoms with Crippen LogP contribution in [0.4, 0.5) is 17.2 Å². The number of hydrogen-bond donors (Lipinski definition) is 0. The maximum atomic E-state index is 4.88. The van der Waals surface area contributed by atoms with Gasteiger partial charge in [0.05, 0.1) is 5.82 Å². The molecule has 0 N–H and O–H groups in total. The Balaban J connectivity index is 0.00000218. The van der Waals surface area contributed by atoms with Crippen LogP contribution >= 0.6 is 0 Å². The van der Waals surface area contributed by atoms with E-state index >= 15 is 0 Å². The van der Waals surface area contributed by atoms with Crippen molar-refractivity contribution in [3.8, 4) is 11.5 Å². The standard InChI is InChI=1S/C24H17N5.Pt/c1-2-9-20(10-3-1)29(22-12-6-11-21(19-22)28-18-8-15-25-28)24-14-7-13-23(26-24)27-16-4-5-17-27;/h1-16,18H;/q-2;+2. The molecule has 0 bridgehead atoms. The van der Waals surface area contributed by atoms with Gasteiger partial charge in [-0.3, -0.25) is 9.67 Å². The molecule has 0 atom stereocenters. The van der Waals surface area contributed by atoms with E-state index in [1.54, 1.807) is 10.9 Å². The topological polar surface area (TPSA) is 38.9 Å². The third-order valence-electron chi connectivity index (χ3n) is 4.51. The molecular formula is C24H17N5Pt. The summed E-state index contributed by atoms with van der Waals surface area (Å²) in [4.78, 5) is 6.96. The number of benzene rings is 2. The van der Waals surface area contributed by atoms with E-state index in [0.29, 0.717) is 0 Å². The van der Waals surface area contributed by atoms with E-state index in [4.69, 9.17) is 4.98 Å². The molecule has 5 rings (SSSR count). The second kappa shape index (κ2) is 8.93. The van der Waals surface area contributed by atoms with Gasteiger partial charge in [0.2, 0.25) is 0 Å². The van der Waals surface area contributed by atoms with E-state index in [1.165, 1.54) is 0 Å². The van der Waals surface area contributed by atoms with Crippen LogP contribution in [0.2, 0.25) is 0 Å². The van der Waals surface area contributed by atoms with Gasteiger partial charge in [0, 0.05) is 18.1 Å². The maximum absolute atomic E-state index is 4.88. The molecular weight excluding hydrogens is 553 g/mol. The zero-order chi connectivity index (χ0) is 19.5. The van der Waals surface area contributed by atoms with Crippen LogP contribution in [0.5, 0.6) is 0 Å². The molecule has 0 saturated heterocycles. The molecule has 3 heterocycles. The summed E-state index contributed by atoms with van der Waals surface area (Å²) in [6.45, 7) is 0. The minimum atomic E-state index is 0. The number of aromatic nitrogens is 4. The van der Waals surface area contributed by atoms with Gasteiger partial charge >= 0.3 is 21.1 Å². The number of nitrogens with zero attached hydrogens (tertiary/aromatic N) is 5. The Morgan fingerprint density at radius 1 is 0.800 bits per heavy atom. The Morgan fingerprint density at radius 3 is 2.43 bits per heavy atom. The Labute approximate surface area is 189 Å². The number of hydrogen-bond acceptors (Lipinski definition) is 3. The van der Waals surface area contributed by atoms with Crippen molar-refractivity contribution in [3.63, 3.8) is 0 Å². The van der Waals surface area contributed by atoms with Gasteiger partial charge in [0.1, 0.15) is 5.82 Å². The molecule has 0 aliphatic rings. The summed E-state index contributed by atoms with van der Waals surface area (Å²) in [5.41, 5.74) is 2.75. The molecule has 5 nitrogen and oxygen atoms in total. The van der Waals surface area contributed by atoms with Crippen LogP contribution < -0.4 is 4.90 Å². The van der Waals surface area contributed by atoms with Crippen molar-refractivity contribution in [1.29, 1.82) is 0 Å². The molecule has 148 valence electrons. The quantitative estimate of drug-likeness (QED) is 0.275. The minimum absolute atomic E-state index is 0. The fraction of sp³-hybridized carbons (Fsp3) is 0. The van der Waals surface area contributed by atoms with Crippen molar-refractivity contribution in [1.82, 2.24) is 19.3 Å². The number of pyridine rings is 1. The van der Waals surface area contributed by atoms with Gasteiger partial charge in [-0.2, -0.15) is 17.2 Å². The molecule has 30 heavy (non-hydrogen) atoms. The van der Waals surface area contributed by atoms with Gasteiger partial charge in [-0.1, -0.05) is 42.2 Å². The maximum Gasteiger partial charge on any atom is 2.00 e. The zero-order valence-corrected chi connectivity index (χ0v) is 18.1. The van der Waals surface area contributed by atoms with Gasteiger partial charge in [-0.25, -0.2) is 0 Å². The van der Waals surface area contributed by atoms with Crippen LogP contribution in [0.3, 0.4) is 0 Å². The van der Waals surface area contributed by atoms with Crippen LogP contribution in [0.25, 0.3) is 11.5 Å². The normalized spacial score (nSPS) is 10.4. The molecule has 6 heteroatoms. The average Bonchev–Trinajstić information content (AvgIpc) is 3.50. The fourth-order valence-electron chi connectivity index (χ4n) is 3.20. The van der Waals surface area contributed by atoms with Crippen molar-refractivity contribution in [2.45, 2.75) is 0 Å². The van der Waals surface area contributed by atoms with E-state index in [2.05, 4.69) is 34.4 Å². The second-order valence-corrected chi connectivity index (χ2v) is 6.40. The molecule has 0 amide bonds. The fourth-order valence-corrected chi connectivity index (χ4v) is 3.20. The number of anilines is 3. The van der Waals surface area contributed by atoms with Crippen LogP contribution in [0, 0.1) is 12.3 Å². The molecule has 0 saturated carbocycles. The third-order valence-corrected chi connectivity index (χ3v) is 4.51. The first-order chi connectivity index (χ1) is 14.4. The molecule has 5 aromatic rings. The SMILES string of the molecule is [Pt+2].[c-]1c(N(c2ccccc2)c2cccc(-n3[c-]ccc3)n2)cccc1-n1cccn1. The predicted octanol–water partition coefficient (Wildman–Crippen LogP) is 5.13. The first-order valence-electron chi connectivity index (χ1n) is 9.28. The summed E-state index contributed by atoms with van der Waals surface area (Å²) < 4.78 is 3.67. The van der Waals surface area contributed by atoms with Gasteiger partial charge in [0.15, 0.2) is 0 Å². The van der Waals surface area contributed by atoms with Gasteiger partial charge in [-0.05, 0) is 30.0 Å². The Hall–Kier alpha value is -3.43. The number of para-hydroxylation sites is 1. The van der Waals surface area contributed by atoms with Crippen LogP contribution in [0.1, 0.15) is 0 Å². The predicted molar refractivity (Wildman–Crippen MR) is 113 cm³/mol. The summed E-state index contributed by atoms with van der Waals surface area (Å²) in [5.74, 6) is 1.60. The molecule has 0 fully saturated rings. The molecule has 3 aromatic heterocycles. The third kappa shape index (κ3) is 3.98. The van der Waals surface area contributed by atoms with Crippen molar-refractivity contribution in [2.24, 2.45) is 0 Å². The smallest absolute Gasteiger partial charge is 0.436 e. The minimum Gasteiger partial charge on any atom is -0.436 e. The van der Waals surface area contributed by atoms with Crippen LogP contribution in [-0.4, -0.2) is 19.3 Å². The van der Waals surface area contributed by atoms with E-state index in [1.807, 2.05) is 89.8 Å². The van der Waals surface area contributed by atoms with E-state index in [0.717, 1.165) is 28.7 Å². The van der Waals surface area contributed by atoms with E-state index < -0.39 is 0 Å². The molecule has 0 aliphatic heterocycles. The van der Waals surface area contributed by atoms with Gasteiger partial charge in [-0.15, -0.1) is 30.5 Å². The van der Waals surface area contributed by atoms with Crippen molar-refractivity contribution in [3.05, 3.63) is 116 Å². The summed E-state index contributed by atoms with van der Waals surface area (Å²) in [6.07, 6.45) is 8.74. The molecule has 0 spiro atoms. The van der Waals surface area contributed by atoms with Crippen molar-refractivity contribution < 1.29 is 21.1 Å². The molecule has 0 unspecified atom stereocenters. The van der Waals surface area contributed by atoms with E-state index in [-0.39, 0.29) is 21.1 Å². The summed E-state index contributed by atoms with van der Waals surface area (Å²) in [6, 6.07) is 31.3. The molecule has 0 aliphatic carbocycles. The van der Waals surface area contributed by atoms with Crippen LogP contribution in [-0.2, 0) is 21.1 Å². The van der Waals surface area contributed by atoms with Crippen molar-refractivity contribution >= 4 is 17.2 Å². The first-order valence-corrected chi connectivity index (χ1v) is 9.28. The molecule has 0 radical (unpaired) electrons. The largest absolute Gasteiger partial charge is 2.00 e. The van der Waals surface area contributed by atoms with Gasteiger partial charge in [0.25, 0.3) is 0 Å². The zero-order valence-electron chi connectivity index (χ0n) is 15.9. The number of rotatable bonds is 5. The summed E-state index contributed by atoms with van der Waals surface area (Å²) >= 11 is 0. The Bertz CT molecular complexity index is 1120. The Morgan fingerprint density at radius 2 is 1.67 bits per heavy atom. The van der Waals surface area contributed by atoms with E-state index in [9.17, 15) is 0 Å². The van der Waals surface area contributed by atoms with Crippen LogP contribution in [0.15, 0.2) is 104 Å². The van der Waals surface area contributed by atoms with Crippen molar-refractivity contribution in [2.75, 3.05) is 4.90 Å². The summed E-state index contributed by atoms with van der Waals surface area (Å²) in [5, 5.41) is 4.32. The Kier molecular flexibility index (Phi) is 5.91. The average molecular weight is 571 g/mol. The first kappa shape index (κ1) is 19.9.